The van der Waals surface area contributed by atoms with Gasteiger partial charge >= 0.3 is 0 Å². The van der Waals surface area contributed by atoms with E-state index in [4.69, 9.17) is 15.3 Å². The van der Waals surface area contributed by atoms with E-state index in [1.54, 1.807) is 0 Å². The predicted octanol–water partition coefficient (Wildman–Crippen LogP) is 2.94. The van der Waals surface area contributed by atoms with Gasteiger partial charge in [0.15, 0.2) is 0 Å². The first-order valence-electron chi connectivity index (χ1n) is 7.42. The first-order chi connectivity index (χ1) is 9.55. The molecule has 1 aliphatic rings. The number of benzene rings is 1. The zero-order valence-electron chi connectivity index (χ0n) is 12.7. The molecule has 3 N–H and O–H groups in total. The highest BCUT2D eigenvalue weighted by Gasteiger charge is 2.37. The molecule has 112 valence electrons. The standard InChI is InChI=1S/C16H26N2O2/c1-12(2)20-14-8-6-7-13(11-14)15(18-17)16(3)9-4-5-10-19-16/h6-8,11-12,15,18H,4-5,9-10,17H2,1-3H3. The van der Waals surface area contributed by atoms with Crippen LogP contribution in [0.1, 0.15) is 51.6 Å². The molecule has 1 fully saturated rings. The molecule has 0 amide bonds. The maximum Gasteiger partial charge on any atom is 0.120 e. The van der Waals surface area contributed by atoms with E-state index in [1.165, 1.54) is 6.42 Å². The van der Waals surface area contributed by atoms with Gasteiger partial charge in [-0.2, -0.15) is 0 Å². The van der Waals surface area contributed by atoms with Gasteiger partial charge in [0, 0.05) is 6.61 Å². The van der Waals surface area contributed by atoms with Gasteiger partial charge in [-0.3, -0.25) is 11.3 Å². The van der Waals surface area contributed by atoms with Gasteiger partial charge in [-0.25, -0.2) is 0 Å². The summed E-state index contributed by atoms with van der Waals surface area (Å²) in [7, 11) is 0. The van der Waals surface area contributed by atoms with Gasteiger partial charge in [0.2, 0.25) is 0 Å². The Morgan fingerprint density at radius 3 is 2.75 bits per heavy atom. The van der Waals surface area contributed by atoms with Crippen LogP contribution >= 0.6 is 0 Å². The number of nitrogens with two attached hydrogens (primary N) is 1. The summed E-state index contributed by atoms with van der Waals surface area (Å²) in [6.45, 7) is 6.98. The number of rotatable bonds is 5. The molecule has 0 spiro atoms. The molecule has 4 nitrogen and oxygen atoms in total. The highest BCUT2D eigenvalue weighted by molar-refractivity contribution is 5.32. The van der Waals surface area contributed by atoms with Crippen molar-refractivity contribution in [2.45, 2.75) is 57.8 Å². The maximum absolute atomic E-state index is 6.01. The number of hydrogen-bond acceptors (Lipinski definition) is 4. The number of ether oxygens (including phenoxy) is 2. The molecule has 0 bridgehead atoms. The van der Waals surface area contributed by atoms with Crippen LogP contribution in [-0.4, -0.2) is 18.3 Å². The van der Waals surface area contributed by atoms with Crippen LogP contribution in [0.15, 0.2) is 24.3 Å². The summed E-state index contributed by atoms with van der Waals surface area (Å²) in [5, 5.41) is 0. The molecule has 1 aliphatic heterocycles. The Hall–Kier alpha value is -1.10. The summed E-state index contributed by atoms with van der Waals surface area (Å²) >= 11 is 0. The lowest BCUT2D eigenvalue weighted by molar-refractivity contribution is -0.0899. The fourth-order valence-electron chi connectivity index (χ4n) is 2.85. The van der Waals surface area contributed by atoms with Gasteiger partial charge in [-0.05, 0) is 57.7 Å². The van der Waals surface area contributed by atoms with Crippen molar-refractivity contribution in [3.8, 4) is 5.75 Å². The molecule has 1 heterocycles. The van der Waals surface area contributed by atoms with Crippen LogP contribution in [0, 0.1) is 0 Å². The molecular formula is C16H26N2O2. The van der Waals surface area contributed by atoms with E-state index in [-0.39, 0.29) is 17.7 Å². The summed E-state index contributed by atoms with van der Waals surface area (Å²) in [4.78, 5) is 0. The molecular weight excluding hydrogens is 252 g/mol. The quantitative estimate of drug-likeness (QED) is 0.642. The van der Waals surface area contributed by atoms with Crippen LogP contribution in [0.4, 0.5) is 0 Å². The van der Waals surface area contributed by atoms with E-state index >= 15 is 0 Å². The zero-order chi connectivity index (χ0) is 14.6. The van der Waals surface area contributed by atoms with Gasteiger partial charge < -0.3 is 9.47 Å². The second kappa shape index (κ2) is 6.57. The van der Waals surface area contributed by atoms with E-state index in [0.29, 0.717) is 0 Å². The summed E-state index contributed by atoms with van der Waals surface area (Å²) in [5.41, 5.74) is 3.77. The monoisotopic (exact) mass is 278 g/mol. The molecule has 0 radical (unpaired) electrons. The summed E-state index contributed by atoms with van der Waals surface area (Å²) < 4.78 is 11.8. The van der Waals surface area contributed by atoms with Crippen LogP contribution < -0.4 is 16.0 Å². The highest BCUT2D eigenvalue weighted by atomic mass is 16.5. The fraction of sp³-hybridized carbons (Fsp3) is 0.625. The summed E-state index contributed by atoms with van der Waals surface area (Å²) in [5.74, 6) is 6.67. The molecule has 1 aromatic rings. The van der Waals surface area contributed by atoms with Gasteiger partial charge in [0.25, 0.3) is 0 Å². The minimum atomic E-state index is -0.260. The van der Waals surface area contributed by atoms with Gasteiger partial charge in [-0.1, -0.05) is 12.1 Å². The van der Waals surface area contributed by atoms with E-state index in [2.05, 4.69) is 18.4 Å². The minimum Gasteiger partial charge on any atom is -0.491 e. The minimum absolute atomic E-state index is 0.0292. The molecule has 1 aromatic carbocycles. The molecule has 20 heavy (non-hydrogen) atoms. The Balaban J connectivity index is 2.22. The molecule has 1 saturated heterocycles. The lowest BCUT2D eigenvalue weighted by Gasteiger charge is -2.40. The highest BCUT2D eigenvalue weighted by Crippen LogP contribution is 2.37. The van der Waals surface area contributed by atoms with E-state index in [9.17, 15) is 0 Å². The van der Waals surface area contributed by atoms with Crippen molar-refractivity contribution in [3.63, 3.8) is 0 Å². The van der Waals surface area contributed by atoms with Crippen LogP contribution in [-0.2, 0) is 4.74 Å². The van der Waals surface area contributed by atoms with Crippen molar-refractivity contribution in [1.82, 2.24) is 5.43 Å². The van der Waals surface area contributed by atoms with Crippen LogP contribution in [0.25, 0.3) is 0 Å². The third-order valence-corrected chi connectivity index (χ3v) is 3.84. The average Bonchev–Trinajstić information content (AvgIpc) is 2.39. The number of hydrogen-bond donors (Lipinski definition) is 2. The normalized spacial score (nSPS) is 24.6. The molecule has 2 atom stereocenters. The van der Waals surface area contributed by atoms with Crippen molar-refractivity contribution in [1.29, 1.82) is 0 Å². The van der Waals surface area contributed by atoms with Crippen LogP contribution in [0.3, 0.4) is 0 Å². The number of hydrazine groups is 1. The van der Waals surface area contributed by atoms with Gasteiger partial charge in [0.05, 0.1) is 17.7 Å². The van der Waals surface area contributed by atoms with E-state index in [1.807, 2.05) is 32.0 Å². The van der Waals surface area contributed by atoms with Gasteiger partial charge in [0.1, 0.15) is 5.75 Å². The van der Waals surface area contributed by atoms with Crippen molar-refractivity contribution in [2.75, 3.05) is 6.61 Å². The van der Waals surface area contributed by atoms with Crippen molar-refractivity contribution < 1.29 is 9.47 Å². The second-order valence-electron chi connectivity index (χ2n) is 5.96. The third kappa shape index (κ3) is 3.51. The lowest BCUT2D eigenvalue weighted by atomic mass is 9.84. The number of nitrogens with one attached hydrogen (secondary N) is 1. The molecule has 2 unspecified atom stereocenters. The summed E-state index contributed by atoms with van der Waals surface area (Å²) in [6, 6.07) is 8.07. The average molecular weight is 278 g/mol. The molecule has 0 aliphatic carbocycles. The Bertz CT molecular complexity index is 428. The first-order valence-corrected chi connectivity index (χ1v) is 7.42. The summed E-state index contributed by atoms with van der Waals surface area (Å²) in [6.07, 6.45) is 3.48. The Labute approximate surface area is 121 Å². The van der Waals surface area contributed by atoms with Crippen molar-refractivity contribution in [3.05, 3.63) is 29.8 Å². The van der Waals surface area contributed by atoms with Crippen molar-refractivity contribution in [2.24, 2.45) is 5.84 Å². The van der Waals surface area contributed by atoms with Crippen LogP contribution in [0.5, 0.6) is 5.75 Å². The molecule has 0 aromatic heterocycles. The van der Waals surface area contributed by atoms with Gasteiger partial charge in [-0.15, -0.1) is 0 Å². The first kappa shape index (κ1) is 15.3. The third-order valence-electron chi connectivity index (χ3n) is 3.84. The zero-order valence-corrected chi connectivity index (χ0v) is 12.7. The molecule has 4 heteroatoms. The lowest BCUT2D eigenvalue weighted by Crippen LogP contribution is -2.48. The fourth-order valence-corrected chi connectivity index (χ4v) is 2.85. The van der Waals surface area contributed by atoms with Crippen LogP contribution in [0.2, 0.25) is 0 Å². The molecule has 2 rings (SSSR count). The maximum atomic E-state index is 6.01. The Kier molecular flexibility index (Phi) is 5.02. The molecule has 0 saturated carbocycles. The van der Waals surface area contributed by atoms with E-state index < -0.39 is 0 Å². The smallest absolute Gasteiger partial charge is 0.120 e. The SMILES string of the molecule is CC(C)Oc1cccc(C(NN)C2(C)CCCCO2)c1. The largest absolute Gasteiger partial charge is 0.491 e. The van der Waals surface area contributed by atoms with Crippen molar-refractivity contribution >= 4 is 0 Å². The predicted molar refractivity (Wildman–Crippen MR) is 80.5 cm³/mol. The van der Waals surface area contributed by atoms with E-state index in [0.717, 1.165) is 30.8 Å². The Morgan fingerprint density at radius 2 is 2.15 bits per heavy atom. The Morgan fingerprint density at radius 1 is 1.35 bits per heavy atom. The topological polar surface area (TPSA) is 56.5 Å². The second-order valence-corrected chi connectivity index (χ2v) is 5.96.